The van der Waals surface area contributed by atoms with Gasteiger partial charge >= 0.3 is 0 Å². The van der Waals surface area contributed by atoms with E-state index in [1.165, 1.54) is 12.1 Å². The van der Waals surface area contributed by atoms with E-state index in [-0.39, 0.29) is 23.5 Å². The van der Waals surface area contributed by atoms with Gasteiger partial charge in [-0.1, -0.05) is 41.4 Å². The lowest BCUT2D eigenvalue weighted by molar-refractivity contribution is -0.682. The second kappa shape index (κ2) is 7.97. The number of rotatable bonds is 5. The van der Waals surface area contributed by atoms with Gasteiger partial charge in [-0.25, -0.2) is 4.39 Å². The number of para-hydroxylation sites is 1. The average molecular weight is 370 g/mol. The van der Waals surface area contributed by atoms with E-state index in [2.05, 4.69) is 5.32 Å². The monoisotopic (exact) mass is 369 g/mol. The first-order chi connectivity index (χ1) is 11.3. The average Bonchev–Trinajstić information content (AvgIpc) is 2.52. The fourth-order valence-corrected chi connectivity index (χ4v) is 3.06. The summed E-state index contributed by atoms with van der Waals surface area (Å²) in [6.45, 7) is 5.97. The number of quaternary nitrogens is 1. The largest absolute Gasteiger partial charge is 0.332 e. The van der Waals surface area contributed by atoms with Crippen LogP contribution in [0.3, 0.4) is 0 Å². The molecule has 0 aliphatic carbocycles. The van der Waals surface area contributed by atoms with Crippen LogP contribution in [0, 0.1) is 19.7 Å². The van der Waals surface area contributed by atoms with E-state index in [9.17, 15) is 9.18 Å². The molecule has 0 fully saturated rings. The van der Waals surface area contributed by atoms with Gasteiger partial charge in [0.2, 0.25) is 0 Å². The summed E-state index contributed by atoms with van der Waals surface area (Å²) in [6.07, 6.45) is 0. The first kappa shape index (κ1) is 18.7. The van der Waals surface area contributed by atoms with E-state index >= 15 is 0 Å². The van der Waals surface area contributed by atoms with Crippen LogP contribution in [0.5, 0.6) is 0 Å². The molecular formula is C18H20Cl2FN2O+. The Balaban J connectivity index is 2.00. The van der Waals surface area contributed by atoms with Crippen molar-refractivity contribution >= 4 is 34.8 Å². The summed E-state index contributed by atoms with van der Waals surface area (Å²) in [4.78, 5) is 12.2. The molecule has 0 heterocycles. The lowest BCUT2D eigenvalue weighted by Crippen LogP contribution is -2.86. The van der Waals surface area contributed by atoms with Gasteiger partial charge in [-0.05, 0) is 44.0 Å². The minimum absolute atomic E-state index is 0.0104. The lowest BCUT2D eigenvalue weighted by Gasteiger charge is -2.14. The minimum Gasteiger partial charge on any atom is -0.332 e. The third-order valence-corrected chi connectivity index (χ3v) is 4.55. The number of anilines is 1. The summed E-state index contributed by atoms with van der Waals surface area (Å²) in [7, 11) is 0. The van der Waals surface area contributed by atoms with Crippen LogP contribution >= 0.6 is 23.2 Å². The van der Waals surface area contributed by atoms with Gasteiger partial charge in [0.25, 0.3) is 5.91 Å². The Hall–Kier alpha value is -1.62. The highest BCUT2D eigenvalue weighted by atomic mass is 35.5. The molecule has 0 spiro atoms. The molecule has 0 saturated carbocycles. The van der Waals surface area contributed by atoms with Gasteiger partial charge in [0.15, 0.2) is 6.54 Å². The maximum atomic E-state index is 13.6. The number of carbonyl (C=O) groups is 1. The fraction of sp³-hybridized carbons (Fsp3) is 0.278. The van der Waals surface area contributed by atoms with Crippen molar-refractivity contribution < 1.29 is 14.5 Å². The van der Waals surface area contributed by atoms with Crippen molar-refractivity contribution in [2.45, 2.75) is 26.8 Å². The molecule has 0 aliphatic rings. The van der Waals surface area contributed by atoms with E-state index in [0.717, 1.165) is 16.8 Å². The highest BCUT2D eigenvalue weighted by Gasteiger charge is 2.17. The zero-order valence-electron chi connectivity index (χ0n) is 13.8. The summed E-state index contributed by atoms with van der Waals surface area (Å²) >= 11 is 11.8. The number of hydrogen-bond donors (Lipinski definition) is 2. The number of amides is 1. The van der Waals surface area contributed by atoms with Crippen molar-refractivity contribution in [3.05, 3.63) is 62.9 Å². The van der Waals surface area contributed by atoms with Crippen molar-refractivity contribution in [2.24, 2.45) is 0 Å². The fourth-order valence-electron chi connectivity index (χ4n) is 2.50. The smallest absolute Gasteiger partial charge is 0.279 e. The molecule has 24 heavy (non-hydrogen) atoms. The lowest BCUT2D eigenvalue weighted by atomic mass is 10.1. The Bertz CT molecular complexity index is 745. The summed E-state index contributed by atoms with van der Waals surface area (Å²) in [6, 6.07) is 8.37. The van der Waals surface area contributed by atoms with Gasteiger partial charge < -0.3 is 10.6 Å². The van der Waals surface area contributed by atoms with E-state index in [1.54, 1.807) is 5.32 Å². The molecule has 0 radical (unpaired) electrons. The molecule has 0 saturated heterocycles. The molecule has 2 rings (SSSR count). The molecule has 1 atom stereocenters. The number of carbonyl (C=O) groups excluding carboxylic acids is 1. The maximum Gasteiger partial charge on any atom is 0.279 e. The molecule has 2 aromatic carbocycles. The van der Waals surface area contributed by atoms with Crippen LogP contribution in [-0.2, 0) is 4.79 Å². The van der Waals surface area contributed by atoms with Crippen LogP contribution in [0.2, 0.25) is 10.0 Å². The SMILES string of the molecule is Cc1cccc(C)c1NC(=O)C[NH2+][C@H](C)c1cc(F)c(Cl)cc1Cl. The van der Waals surface area contributed by atoms with Crippen molar-refractivity contribution in [1.29, 1.82) is 0 Å². The molecule has 3 nitrogen and oxygen atoms in total. The summed E-state index contributed by atoms with van der Waals surface area (Å²) in [5, 5.41) is 5.10. The third kappa shape index (κ3) is 4.47. The topological polar surface area (TPSA) is 45.7 Å². The number of benzene rings is 2. The van der Waals surface area contributed by atoms with Crippen molar-refractivity contribution in [1.82, 2.24) is 0 Å². The number of halogens is 3. The van der Waals surface area contributed by atoms with Gasteiger partial charge in [-0.3, -0.25) is 4.79 Å². The van der Waals surface area contributed by atoms with Crippen molar-refractivity contribution in [2.75, 3.05) is 11.9 Å². The highest BCUT2D eigenvalue weighted by molar-refractivity contribution is 6.35. The molecule has 0 unspecified atom stereocenters. The molecule has 0 aliphatic heterocycles. The second-order valence-corrected chi connectivity index (χ2v) is 6.65. The molecule has 1 amide bonds. The van der Waals surface area contributed by atoms with Gasteiger partial charge in [-0.2, -0.15) is 0 Å². The number of hydrogen-bond acceptors (Lipinski definition) is 1. The van der Waals surface area contributed by atoms with Crippen molar-refractivity contribution in [3.63, 3.8) is 0 Å². The van der Waals surface area contributed by atoms with Crippen LogP contribution in [0.4, 0.5) is 10.1 Å². The Labute approximate surface area is 151 Å². The molecule has 0 aromatic heterocycles. The highest BCUT2D eigenvalue weighted by Crippen LogP contribution is 2.27. The standard InChI is InChI=1S/C18H19Cl2FN2O/c1-10-5-4-6-11(2)18(10)23-17(24)9-22-12(3)13-7-16(21)15(20)8-14(13)19/h4-8,12,22H,9H2,1-3H3,(H,23,24)/p+1/t12-/m1/s1. The summed E-state index contributed by atoms with van der Waals surface area (Å²) < 4.78 is 13.6. The van der Waals surface area contributed by atoms with Crippen molar-refractivity contribution in [3.8, 4) is 0 Å². The third-order valence-electron chi connectivity index (χ3n) is 3.93. The maximum absolute atomic E-state index is 13.6. The quantitative estimate of drug-likeness (QED) is 0.768. The normalized spacial score (nSPS) is 12.1. The van der Waals surface area contributed by atoms with Crippen LogP contribution < -0.4 is 10.6 Å². The van der Waals surface area contributed by atoms with Gasteiger partial charge in [0, 0.05) is 11.3 Å². The van der Waals surface area contributed by atoms with Gasteiger partial charge in [0.1, 0.15) is 11.9 Å². The zero-order valence-corrected chi connectivity index (χ0v) is 15.3. The number of nitrogens with two attached hydrogens (primary N) is 1. The zero-order chi connectivity index (χ0) is 17.9. The molecule has 2 aromatic rings. The summed E-state index contributed by atoms with van der Waals surface area (Å²) in [5.41, 5.74) is 3.47. The van der Waals surface area contributed by atoms with E-state index < -0.39 is 5.82 Å². The van der Waals surface area contributed by atoms with E-state index in [0.29, 0.717) is 10.6 Å². The molecule has 6 heteroatoms. The van der Waals surface area contributed by atoms with Gasteiger partial charge in [-0.15, -0.1) is 0 Å². The predicted octanol–water partition coefficient (Wildman–Crippen LogP) is 4.01. The van der Waals surface area contributed by atoms with Crippen LogP contribution in [0.1, 0.15) is 29.7 Å². The minimum atomic E-state index is -0.517. The Morgan fingerprint density at radius 3 is 2.46 bits per heavy atom. The van der Waals surface area contributed by atoms with Crippen LogP contribution in [0.15, 0.2) is 30.3 Å². The Kier molecular flexibility index (Phi) is 6.21. The Morgan fingerprint density at radius 2 is 1.83 bits per heavy atom. The van der Waals surface area contributed by atoms with E-state index in [1.807, 2.05) is 39.0 Å². The summed E-state index contributed by atoms with van der Waals surface area (Å²) in [5.74, 6) is -0.638. The molecular weight excluding hydrogens is 350 g/mol. The number of nitrogens with one attached hydrogen (secondary N) is 1. The number of aryl methyl sites for hydroxylation is 2. The van der Waals surface area contributed by atoms with Gasteiger partial charge in [0.05, 0.1) is 10.0 Å². The second-order valence-electron chi connectivity index (χ2n) is 5.83. The van der Waals surface area contributed by atoms with Crippen LogP contribution in [0.25, 0.3) is 0 Å². The van der Waals surface area contributed by atoms with E-state index in [4.69, 9.17) is 23.2 Å². The first-order valence-electron chi connectivity index (χ1n) is 7.63. The Morgan fingerprint density at radius 1 is 1.21 bits per heavy atom. The molecule has 128 valence electrons. The first-order valence-corrected chi connectivity index (χ1v) is 8.39. The molecule has 0 bridgehead atoms. The predicted molar refractivity (Wildman–Crippen MR) is 96.2 cm³/mol. The van der Waals surface area contributed by atoms with Crippen LogP contribution in [-0.4, -0.2) is 12.5 Å². The molecule has 3 N–H and O–H groups in total.